The van der Waals surface area contributed by atoms with E-state index in [0.29, 0.717) is 33.9 Å². The number of carbonyl (C=O) groups excluding carboxylic acids is 1. The van der Waals surface area contributed by atoms with Gasteiger partial charge in [0.05, 0.1) is 31.1 Å². The summed E-state index contributed by atoms with van der Waals surface area (Å²) in [6, 6.07) is 19.2. The van der Waals surface area contributed by atoms with Gasteiger partial charge >= 0.3 is 5.97 Å². The molecule has 3 aromatic rings. The molecule has 1 heterocycles. The molecule has 6 heteroatoms. The van der Waals surface area contributed by atoms with Gasteiger partial charge in [-0.2, -0.15) is 5.26 Å². The number of rotatable bonds is 6. The zero-order valence-electron chi connectivity index (χ0n) is 16.0. The Hall–Kier alpha value is -4.11. The van der Waals surface area contributed by atoms with Crippen molar-refractivity contribution < 1.29 is 19.0 Å². The fourth-order valence-electron chi connectivity index (χ4n) is 2.60. The van der Waals surface area contributed by atoms with E-state index in [9.17, 15) is 10.1 Å². The number of esters is 1. The van der Waals surface area contributed by atoms with Crippen molar-refractivity contribution in [3.05, 3.63) is 83.7 Å². The fraction of sp³-hybridized carbons (Fsp3) is 0.0870. The molecular weight excluding hydrogens is 368 g/mol. The molecule has 0 atom stereocenters. The Morgan fingerprint density at radius 2 is 1.79 bits per heavy atom. The Morgan fingerprint density at radius 1 is 1.00 bits per heavy atom. The second kappa shape index (κ2) is 9.20. The lowest BCUT2D eigenvalue weighted by Crippen LogP contribution is -2.09. The van der Waals surface area contributed by atoms with Crippen molar-refractivity contribution >= 4 is 17.6 Å². The van der Waals surface area contributed by atoms with Crippen LogP contribution in [0.15, 0.2) is 66.9 Å². The molecule has 144 valence electrons. The van der Waals surface area contributed by atoms with Gasteiger partial charge in [0, 0.05) is 6.20 Å². The van der Waals surface area contributed by atoms with Crippen LogP contribution in [0.1, 0.15) is 21.6 Å². The van der Waals surface area contributed by atoms with Crippen LogP contribution in [0.2, 0.25) is 0 Å². The standard InChI is InChI=1S/C23H18N2O4/c1-27-19-9-7-17(8-10-19)23(26)29-21-11-6-16(14-22(21)28-2)13-18(15-24)20-5-3-4-12-25-20/h3-14H,1-2H3/b18-13+. The number of nitrogens with zero attached hydrogens (tertiary/aromatic N) is 2. The molecule has 0 aliphatic heterocycles. The molecule has 0 amide bonds. The molecule has 3 rings (SSSR count). The Kier molecular flexibility index (Phi) is 6.23. The van der Waals surface area contributed by atoms with Gasteiger partial charge in [0.25, 0.3) is 0 Å². The number of pyridine rings is 1. The molecule has 0 aliphatic carbocycles. The van der Waals surface area contributed by atoms with Crippen molar-refractivity contribution in [1.82, 2.24) is 4.98 Å². The van der Waals surface area contributed by atoms with Gasteiger partial charge in [-0.1, -0.05) is 12.1 Å². The minimum absolute atomic E-state index is 0.279. The number of allylic oxidation sites excluding steroid dienone is 1. The first-order valence-corrected chi connectivity index (χ1v) is 8.72. The summed E-state index contributed by atoms with van der Waals surface area (Å²) in [5.41, 5.74) is 2.09. The summed E-state index contributed by atoms with van der Waals surface area (Å²) in [7, 11) is 3.04. The third kappa shape index (κ3) is 4.79. The van der Waals surface area contributed by atoms with Crippen LogP contribution < -0.4 is 14.2 Å². The summed E-state index contributed by atoms with van der Waals surface area (Å²) < 4.78 is 15.9. The van der Waals surface area contributed by atoms with Gasteiger partial charge in [-0.25, -0.2) is 4.79 Å². The average Bonchev–Trinajstić information content (AvgIpc) is 2.78. The van der Waals surface area contributed by atoms with Crippen LogP contribution >= 0.6 is 0 Å². The summed E-state index contributed by atoms with van der Waals surface area (Å²) in [5, 5.41) is 9.44. The number of hydrogen-bond acceptors (Lipinski definition) is 6. The first-order chi connectivity index (χ1) is 14.1. The van der Waals surface area contributed by atoms with E-state index in [0.717, 1.165) is 0 Å². The predicted octanol–water partition coefficient (Wildman–Crippen LogP) is 4.38. The Labute approximate surface area is 168 Å². The van der Waals surface area contributed by atoms with Crippen molar-refractivity contribution in [1.29, 1.82) is 5.26 Å². The third-order valence-electron chi connectivity index (χ3n) is 4.09. The van der Waals surface area contributed by atoms with Crippen molar-refractivity contribution in [2.24, 2.45) is 0 Å². The maximum absolute atomic E-state index is 12.4. The molecule has 0 aliphatic rings. The summed E-state index contributed by atoms with van der Waals surface area (Å²) in [6.45, 7) is 0. The van der Waals surface area contributed by atoms with Gasteiger partial charge in [0.1, 0.15) is 11.8 Å². The molecule has 0 bridgehead atoms. The zero-order chi connectivity index (χ0) is 20.6. The predicted molar refractivity (Wildman–Crippen MR) is 109 cm³/mol. The molecule has 6 nitrogen and oxygen atoms in total. The first-order valence-electron chi connectivity index (χ1n) is 8.72. The number of nitriles is 1. The summed E-state index contributed by atoms with van der Waals surface area (Å²) in [6.07, 6.45) is 3.32. The van der Waals surface area contributed by atoms with E-state index in [2.05, 4.69) is 11.1 Å². The van der Waals surface area contributed by atoms with E-state index < -0.39 is 5.97 Å². The lowest BCUT2D eigenvalue weighted by atomic mass is 10.1. The monoisotopic (exact) mass is 386 g/mol. The minimum Gasteiger partial charge on any atom is -0.497 e. The van der Waals surface area contributed by atoms with E-state index in [-0.39, 0.29) is 5.75 Å². The Bertz CT molecular complexity index is 1070. The number of carbonyl (C=O) groups is 1. The van der Waals surface area contributed by atoms with Crippen LogP contribution in [0.4, 0.5) is 0 Å². The van der Waals surface area contributed by atoms with E-state index in [1.807, 2.05) is 6.07 Å². The second-order valence-corrected chi connectivity index (χ2v) is 5.91. The number of hydrogen-bond donors (Lipinski definition) is 0. The Balaban J connectivity index is 1.84. The highest BCUT2D eigenvalue weighted by Crippen LogP contribution is 2.30. The third-order valence-corrected chi connectivity index (χ3v) is 4.09. The SMILES string of the molecule is COc1ccc(C(=O)Oc2ccc(/C=C(\C#N)c3ccccn3)cc2OC)cc1. The smallest absolute Gasteiger partial charge is 0.343 e. The number of ether oxygens (including phenoxy) is 3. The molecule has 29 heavy (non-hydrogen) atoms. The maximum Gasteiger partial charge on any atom is 0.343 e. The van der Waals surface area contributed by atoms with Gasteiger partial charge in [-0.3, -0.25) is 4.98 Å². The van der Waals surface area contributed by atoms with E-state index in [1.54, 1.807) is 74.0 Å². The average molecular weight is 386 g/mol. The number of methoxy groups -OCH3 is 2. The van der Waals surface area contributed by atoms with Gasteiger partial charge in [0.15, 0.2) is 11.5 Å². The van der Waals surface area contributed by atoms with E-state index in [4.69, 9.17) is 14.2 Å². The van der Waals surface area contributed by atoms with Crippen LogP contribution in [-0.2, 0) is 0 Å². The van der Waals surface area contributed by atoms with Crippen LogP contribution in [-0.4, -0.2) is 25.2 Å². The van der Waals surface area contributed by atoms with Crippen molar-refractivity contribution in [3.63, 3.8) is 0 Å². The highest BCUT2D eigenvalue weighted by atomic mass is 16.6. The van der Waals surface area contributed by atoms with Crippen LogP contribution in [0.5, 0.6) is 17.2 Å². The van der Waals surface area contributed by atoms with E-state index in [1.165, 1.54) is 7.11 Å². The Morgan fingerprint density at radius 3 is 2.41 bits per heavy atom. The molecular formula is C23H18N2O4. The van der Waals surface area contributed by atoms with Crippen molar-refractivity contribution in [2.45, 2.75) is 0 Å². The minimum atomic E-state index is -0.513. The second-order valence-electron chi connectivity index (χ2n) is 5.91. The van der Waals surface area contributed by atoms with Gasteiger partial charge < -0.3 is 14.2 Å². The molecule has 0 fully saturated rings. The van der Waals surface area contributed by atoms with Crippen molar-refractivity contribution in [2.75, 3.05) is 14.2 Å². The molecule has 0 spiro atoms. The maximum atomic E-state index is 12.4. The molecule has 0 unspecified atom stereocenters. The lowest BCUT2D eigenvalue weighted by molar-refractivity contribution is 0.0729. The summed E-state index contributed by atoms with van der Waals surface area (Å²) >= 11 is 0. The van der Waals surface area contributed by atoms with Crippen LogP contribution in [0, 0.1) is 11.3 Å². The zero-order valence-corrected chi connectivity index (χ0v) is 16.0. The van der Waals surface area contributed by atoms with Gasteiger partial charge in [-0.15, -0.1) is 0 Å². The topological polar surface area (TPSA) is 81.4 Å². The normalized spacial score (nSPS) is 10.7. The lowest BCUT2D eigenvalue weighted by Gasteiger charge is -2.10. The quantitative estimate of drug-likeness (QED) is 0.355. The molecule has 0 radical (unpaired) electrons. The largest absolute Gasteiger partial charge is 0.497 e. The van der Waals surface area contributed by atoms with Crippen LogP contribution in [0.3, 0.4) is 0 Å². The first kappa shape index (κ1) is 19.6. The van der Waals surface area contributed by atoms with Crippen molar-refractivity contribution in [3.8, 4) is 23.3 Å². The number of benzene rings is 2. The highest BCUT2D eigenvalue weighted by molar-refractivity contribution is 5.92. The number of aromatic nitrogens is 1. The van der Waals surface area contributed by atoms with Gasteiger partial charge in [-0.05, 0) is 60.2 Å². The van der Waals surface area contributed by atoms with E-state index >= 15 is 0 Å². The highest BCUT2D eigenvalue weighted by Gasteiger charge is 2.13. The summed E-state index contributed by atoms with van der Waals surface area (Å²) in [5.74, 6) is 0.789. The molecule has 1 aromatic heterocycles. The summed E-state index contributed by atoms with van der Waals surface area (Å²) in [4.78, 5) is 16.6. The fourth-order valence-corrected chi connectivity index (χ4v) is 2.60. The molecule has 0 saturated carbocycles. The van der Waals surface area contributed by atoms with Gasteiger partial charge in [0.2, 0.25) is 0 Å². The molecule has 0 saturated heterocycles. The van der Waals surface area contributed by atoms with Crippen LogP contribution in [0.25, 0.3) is 11.6 Å². The molecule has 2 aromatic carbocycles. The molecule has 0 N–H and O–H groups in total.